The number of nitrogens with one attached hydrogen (secondary N) is 2. The van der Waals surface area contributed by atoms with Crippen molar-refractivity contribution in [3.63, 3.8) is 0 Å². The van der Waals surface area contributed by atoms with Crippen molar-refractivity contribution in [3.8, 4) is 0 Å². The zero-order valence-electron chi connectivity index (χ0n) is 12.0. The van der Waals surface area contributed by atoms with Gasteiger partial charge in [-0.05, 0) is 43.5 Å². The Morgan fingerprint density at radius 2 is 2.38 bits per heavy atom. The molecule has 1 amide bonds. The average molecular weight is 351 g/mol. The predicted octanol–water partition coefficient (Wildman–Crippen LogP) is 3.08. The van der Waals surface area contributed by atoms with Crippen LogP contribution in [0.2, 0.25) is 0 Å². The minimum absolute atomic E-state index is 0.0504. The second kappa shape index (κ2) is 6.20. The van der Waals surface area contributed by atoms with Crippen molar-refractivity contribution >= 4 is 32.7 Å². The molecule has 21 heavy (non-hydrogen) atoms. The normalized spacial score (nSPS) is 18.3. The van der Waals surface area contributed by atoms with Gasteiger partial charge in [0.25, 0.3) is 0 Å². The summed E-state index contributed by atoms with van der Waals surface area (Å²) in [6.45, 7) is 3.44. The molecule has 0 bridgehead atoms. The summed E-state index contributed by atoms with van der Waals surface area (Å²) < 4.78 is 6.54. The Morgan fingerprint density at radius 1 is 1.52 bits per heavy atom. The number of aromatic amines is 1. The Bertz CT molecular complexity index is 660. The molecule has 3 rings (SSSR count). The number of fused-ring (bicyclic) bond motifs is 1. The fourth-order valence-corrected chi connectivity index (χ4v) is 3.20. The van der Waals surface area contributed by atoms with E-state index >= 15 is 0 Å². The van der Waals surface area contributed by atoms with Crippen LogP contribution >= 0.6 is 15.9 Å². The number of hydrogen-bond donors (Lipinski definition) is 2. The number of aromatic nitrogens is 1. The summed E-state index contributed by atoms with van der Waals surface area (Å²) in [6, 6.07) is 6.08. The van der Waals surface area contributed by atoms with Crippen LogP contribution in [0.1, 0.15) is 24.1 Å². The van der Waals surface area contributed by atoms with Crippen molar-refractivity contribution in [2.24, 2.45) is 0 Å². The number of rotatable bonds is 4. The van der Waals surface area contributed by atoms with Crippen molar-refractivity contribution in [1.82, 2.24) is 10.3 Å². The van der Waals surface area contributed by atoms with Crippen molar-refractivity contribution < 1.29 is 9.53 Å². The molecular weight excluding hydrogens is 332 g/mol. The van der Waals surface area contributed by atoms with Gasteiger partial charge in [-0.15, -0.1) is 0 Å². The highest BCUT2D eigenvalue weighted by Gasteiger charge is 2.17. The second-order valence-corrected chi connectivity index (χ2v) is 6.45. The number of carbonyl (C=O) groups is 1. The third-order valence-electron chi connectivity index (χ3n) is 3.97. The summed E-state index contributed by atoms with van der Waals surface area (Å²) in [5, 5.41) is 4.09. The molecule has 0 spiro atoms. The molecule has 1 aliphatic heterocycles. The van der Waals surface area contributed by atoms with Crippen LogP contribution in [0, 0.1) is 6.92 Å². The fraction of sp³-hybridized carbons (Fsp3) is 0.438. The van der Waals surface area contributed by atoms with Gasteiger partial charge in [-0.2, -0.15) is 0 Å². The van der Waals surface area contributed by atoms with Gasteiger partial charge in [-0.3, -0.25) is 4.79 Å². The highest BCUT2D eigenvalue weighted by atomic mass is 79.9. The van der Waals surface area contributed by atoms with Gasteiger partial charge in [0.15, 0.2) is 0 Å². The Morgan fingerprint density at radius 3 is 3.14 bits per heavy atom. The molecule has 0 radical (unpaired) electrons. The molecular formula is C16H19BrN2O2. The van der Waals surface area contributed by atoms with E-state index in [4.69, 9.17) is 4.74 Å². The van der Waals surface area contributed by atoms with Gasteiger partial charge in [-0.1, -0.05) is 15.9 Å². The van der Waals surface area contributed by atoms with E-state index in [2.05, 4.69) is 32.3 Å². The molecule has 4 nitrogen and oxygen atoms in total. The zero-order valence-corrected chi connectivity index (χ0v) is 13.6. The lowest BCUT2D eigenvalue weighted by Crippen LogP contribution is -2.32. The molecule has 1 aromatic heterocycles. The number of carbonyl (C=O) groups excluding carboxylic acids is 1. The molecule has 0 aliphatic carbocycles. The third kappa shape index (κ3) is 3.30. The van der Waals surface area contributed by atoms with E-state index < -0.39 is 0 Å². The third-order valence-corrected chi connectivity index (χ3v) is 4.46. The molecule has 1 atom stereocenters. The Balaban J connectivity index is 1.70. The van der Waals surface area contributed by atoms with E-state index in [9.17, 15) is 4.79 Å². The number of benzene rings is 1. The molecule has 112 valence electrons. The first-order valence-electron chi connectivity index (χ1n) is 7.28. The van der Waals surface area contributed by atoms with Crippen LogP contribution in [0.4, 0.5) is 0 Å². The molecule has 2 heterocycles. The minimum atomic E-state index is 0.0504. The largest absolute Gasteiger partial charge is 0.376 e. The standard InChI is InChI=1S/C16H19BrN2O2/c1-10-13(14-7-11(17)4-5-15(14)19-10)8-16(20)18-9-12-3-2-6-21-12/h4-5,7,12,19H,2-3,6,8-9H2,1H3,(H,18,20). The van der Waals surface area contributed by atoms with Crippen LogP contribution < -0.4 is 5.32 Å². The fourth-order valence-electron chi connectivity index (χ4n) is 2.84. The lowest BCUT2D eigenvalue weighted by Gasteiger charge is -2.10. The number of hydrogen-bond acceptors (Lipinski definition) is 2. The lowest BCUT2D eigenvalue weighted by molar-refractivity contribution is -0.120. The van der Waals surface area contributed by atoms with Crippen LogP contribution in [0.25, 0.3) is 10.9 Å². The zero-order chi connectivity index (χ0) is 14.8. The highest BCUT2D eigenvalue weighted by molar-refractivity contribution is 9.10. The maximum atomic E-state index is 12.2. The smallest absolute Gasteiger partial charge is 0.224 e. The number of H-pyrrole nitrogens is 1. The number of amides is 1. The lowest BCUT2D eigenvalue weighted by atomic mass is 10.1. The van der Waals surface area contributed by atoms with Gasteiger partial charge < -0.3 is 15.0 Å². The maximum absolute atomic E-state index is 12.2. The Labute approximate surface area is 132 Å². The summed E-state index contributed by atoms with van der Waals surface area (Å²) in [4.78, 5) is 15.5. The van der Waals surface area contributed by atoms with E-state index in [0.29, 0.717) is 13.0 Å². The SMILES string of the molecule is Cc1[nH]c2ccc(Br)cc2c1CC(=O)NCC1CCCO1. The van der Waals surface area contributed by atoms with Crippen LogP contribution in [-0.4, -0.2) is 30.1 Å². The number of halogens is 1. The van der Waals surface area contributed by atoms with Crippen molar-refractivity contribution in [1.29, 1.82) is 0 Å². The molecule has 1 aromatic carbocycles. The minimum Gasteiger partial charge on any atom is -0.376 e. The first-order valence-corrected chi connectivity index (χ1v) is 8.08. The van der Waals surface area contributed by atoms with Gasteiger partial charge in [-0.25, -0.2) is 0 Å². The molecule has 1 unspecified atom stereocenters. The van der Waals surface area contributed by atoms with E-state index in [1.165, 1.54) is 0 Å². The summed E-state index contributed by atoms with van der Waals surface area (Å²) in [5.41, 5.74) is 3.18. The molecule has 2 N–H and O–H groups in total. The monoisotopic (exact) mass is 350 g/mol. The van der Waals surface area contributed by atoms with Crippen LogP contribution in [0.3, 0.4) is 0 Å². The van der Waals surface area contributed by atoms with Crippen LogP contribution in [0.5, 0.6) is 0 Å². The van der Waals surface area contributed by atoms with Gasteiger partial charge >= 0.3 is 0 Å². The van der Waals surface area contributed by atoms with Gasteiger partial charge in [0.2, 0.25) is 5.91 Å². The van der Waals surface area contributed by atoms with Crippen LogP contribution in [-0.2, 0) is 16.0 Å². The first kappa shape index (κ1) is 14.6. The van der Waals surface area contributed by atoms with Gasteiger partial charge in [0, 0.05) is 34.2 Å². The van der Waals surface area contributed by atoms with E-state index in [-0.39, 0.29) is 12.0 Å². The van der Waals surface area contributed by atoms with E-state index in [1.807, 2.05) is 19.1 Å². The van der Waals surface area contributed by atoms with Crippen molar-refractivity contribution in [2.75, 3.05) is 13.2 Å². The quantitative estimate of drug-likeness (QED) is 0.890. The van der Waals surface area contributed by atoms with Crippen molar-refractivity contribution in [3.05, 3.63) is 33.9 Å². The molecule has 2 aromatic rings. The Kier molecular flexibility index (Phi) is 4.31. The summed E-state index contributed by atoms with van der Waals surface area (Å²) >= 11 is 3.49. The Hall–Kier alpha value is -1.33. The molecule has 1 saturated heterocycles. The maximum Gasteiger partial charge on any atom is 0.224 e. The molecule has 0 saturated carbocycles. The van der Waals surface area contributed by atoms with Gasteiger partial charge in [0.05, 0.1) is 12.5 Å². The molecule has 1 fully saturated rings. The topological polar surface area (TPSA) is 54.1 Å². The van der Waals surface area contributed by atoms with Crippen LogP contribution in [0.15, 0.2) is 22.7 Å². The van der Waals surface area contributed by atoms with E-state index in [0.717, 1.165) is 46.1 Å². The second-order valence-electron chi connectivity index (χ2n) is 5.53. The van der Waals surface area contributed by atoms with Gasteiger partial charge in [0.1, 0.15) is 0 Å². The van der Waals surface area contributed by atoms with Crippen molar-refractivity contribution in [2.45, 2.75) is 32.3 Å². The molecule has 1 aliphatic rings. The number of aryl methyl sites for hydroxylation is 1. The summed E-state index contributed by atoms with van der Waals surface area (Å²) in [5.74, 6) is 0.0504. The predicted molar refractivity (Wildman–Crippen MR) is 86.4 cm³/mol. The summed E-state index contributed by atoms with van der Waals surface area (Å²) in [7, 11) is 0. The van der Waals surface area contributed by atoms with E-state index in [1.54, 1.807) is 0 Å². The highest BCUT2D eigenvalue weighted by Crippen LogP contribution is 2.26. The average Bonchev–Trinajstić information content (AvgIpc) is 3.06. The number of ether oxygens (including phenoxy) is 1. The first-order chi connectivity index (χ1) is 10.1. The molecule has 5 heteroatoms. The summed E-state index contributed by atoms with van der Waals surface area (Å²) in [6.07, 6.45) is 2.72.